The lowest BCUT2D eigenvalue weighted by atomic mass is 10.1. The number of carbonyl (C=O) groups excluding carboxylic acids is 2. The summed E-state index contributed by atoms with van der Waals surface area (Å²) in [4.78, 5) is 22.0. The average molecular weight is 229 g/mol. The zero-order valence-corrected chi connectivity index (χ0v) is 9.93. The van der Waals surface area contributed by atoms with E-state index in [1.54, 1.807) is 13.0 Å². The molecular formula is C11H19NO4. The highest BCUT2D eigenvalue weighted by Crippen LogP contribution is 2.05. The minimum absolute atomic E-state index is 0.185. The van der Waals surface area contributed by atoms with Crippen molar-refractivity contribution in [2.24, 2.45) is 11.7 Å². The van der Waals surface area contributed by atoms with Crippen LogP contribution in [0.1, 0.15) is 19.8 Å². The SMILES string of the molecule is COC(=O)C(C)CC=CCC(N)C(=O)OC. The van der Waals surface area contributed by atoms with Crippen LogP contribution in [0.3, 0.4) is 0 Å². The monoisotopic (exact) mass is 229 g/mol. The summed E-state index contributed by atoms with van der Waals surface area (Å²) in [5.74, 6) is -0.872. The molecule has 2 unspecified atom stereocenters. The number of allylic oxidation sites excluding steroid dienone is 1. The van der Waals surface area contributed by atoms with E-state index < -0.39 is 12.0 Å². The molecule has 0 aromatic heterocycles. The average Bonchev–Trinajstić information content (AvgIpc) is 2.31. The third-order valence-electron chi connectivity index (χ3n) is 2.15. The molecule has 0 aliphatic rings. The fourth-order valence-corrected chi connectivity index (χ4v) is 1.09. The van der Waals surface area contributed by atoms with E-state index in [9.17, 15) is 9.59 Å². The highest BCUT2D eigenvalue weighted by molar-refractivity contribution is 5.75. The first kappa shape index (κ1) is 14.6. The number of hydrogen-bond donors (Lipinski definition) is 1. The van der Waals surface area contributed by atoms with Crippen LogP contribution in [-0.2, 0) is 19.1 Å². The van der Waals surface area contributed by atoms with Gasteiger partial charge in [0.05, 0.1) is 20.1 Å². The van der Waals surface area contributed by atoms with Gasteiger partial charge in [-0.1, -0.05) is 19.1 Å². The predicted molar refractivity (Wildman–Crippen MR) is 59.5 cm³/mol. The molecule has 0 radical (unpaired) electrons. The van der Waals surface area contributed by atoms with Crippen LogP contribution in [0, 0.1) is 5.92 Å². The maximum Gasteiger partial charge on any atom is 0.322 e. The molecule has 0 aliphatic carbocycles. The molecule has 5 nitrogen and oxygen atoms in total. The van der Waals surface area contributed by atoms with Gasteiger partial charge in [0, 0.05) is 0 Å². The summed E-state index contributed by atoms with van der Waals surface area (Å²) in [6, 6.07) is -0.644. The number of carbonyl (C=O) groups is 2. The van der Waals surface area contributed by atoms with Gasteiger partial charge in [-0.05, 0) is 12.8 Å². The molecule has 0 aromatic carbocycles. The van der Waals surface area contributed by atoms with E-state index in [0.717, 1.165) is 0 Å². The van der Waals surface area contributed by atoms with Crippen LogP contribution in [0.25, 0.3) is 0 Å². The van der Waals surface area contributed by atoms with E-state index in [2.05, 4.69) is 9.47 Å². The van der Waals surface area contributed by atoms with E-state index in [1.165, 1.54) is 14.2 Å². The Hall–Kier alpha value is -1.36. The summed E-state index contributed by atoms with van der Waals surface area (Å²) in [7, 11) is 2.65. The Labute approximate surface area is 95.6 Å². The van der Waals surface area contributed by atoms with E-state index in [-0.39, 0.29) is 11.9 Å². The molecule has 0 spiro atoms. The van der Waals surface area contributed by atoms with Gasteiger partial charge in [0.2, 0.25) is 0 Å². The van der Waals surface area contributed by atoms with Crippen molar-refractivity contribution in [1.82, 2.24) is 0 Å². The molecule has 5 heteroatoms. The van der Waals surface area contributed by atoms with Gasteiger partial charge in [-0.2, -0.15) is 0 Å². The molecule has 0 amide bonds. The van der Waals surface area contributed by atoms with Crippen LogP contribution in [0.2, 0.25) is 0 Å². The van der Waals surface area contributed by atoms with Gasteiger partial charge in [-0.15, -0.1) is 0 Å². The molecule has 0 aromatic rings. The molecule has 16 heavy (non-hydrogen) atoms. The first-order valence-electron chi connectivity index (χ1n) is 5.09. The molecule has 2 N–H and O–H groups in total. The Morgan fingerprint density at radius 2 is 1.62 bits per heavy atom. The number of ether oxygens (including phenoxy) is 2. The second-order valence-corrected chi connectivity index (χ2v) is 3.50. The number of nitrogens with two attached hydrogens (primary N) is 1. The smallest absolute Gasteiger partial charge is 0.322 e. The molecule has 0 rings (SSSR count). The van der Waals surface area contributed by atoms with Crippen LogP contribution >= 0.6 is 0 Å². The fraction of sp³-hybridized carbons (Fsp3) is 0.636. The van der Waals surface area contributed by atoms with Gasteiger partial charge >= 0.3 is 11.9 Å². The zero-order valence-electron chi connectivity index (χ0n) is 9.93. The minimum atomic E-state index is -0.644. The summed E-state index contributed by atoms with van der Waals surface area (Å²) in [5, 5.41) is 0. The van der Waals surface area contributed by atoms with E-state index in [1.807, 2.05) is 6.08 Å². The van der Waals surface area contributed by atoms with Crippen molar-refractivity contribution in [3.05, 3.63) is 12.2 Å². The molecule has 0 heterocycles. The van der Waals surface area contributed by atoms with Crippen LogP contribution in [0.4, 0.5) is 0 Å². The molecule has 0 saturated heterocycles. The number of hydrogen-bond acceptors (Lipinski definition) is 5. The lowest BCUT2D eigenvalue weighted by Crippen LogP contribution is -2.30. The first-order chi connectivity index (χ1) is 7.52. The second kappa shape index (κ2) is 7.87. The van der Waals surface area contributed by atoms with Crippen LogP contribution < -0.4 is 5.73 Å². The van der Waals surface area contributed by atoms with Crippen molar-refractivity contribution in [1.29, 1.82) is 0 Å². The molecular weight excluding hydrogens is 210 g/mol. The van der Waals surface area contributed by atoms with Crippen molar-refractivity contribution < 1.29 is 19.1 Å². The standard InChI is InChI=1S/C11H19NO4/c1-8(10(13)15-2)6-4-5-7-9(12)11(14)16-3/h4-5,8-9H,6-7,12H2,1-3H3. The molecule has 92 valence electrons. The number of methoxy groups -OCH3 is 2. The van der Waals surface area contributed by atoms with E-state index in [4.69, 9.17) is 5.73 Å². The number of rotatable bonds is 6. The predicted octanol–water partition coefficient (Wildman–Crippen LogP) is 0.632. The summed E-state index contributed by atoms with van der Waals surface area (Å²) in [6.45, 7) is 1.77. The third kappa shape index (κ3) is 5.50. The zero-order chi connectivity index (χ0) is 12.6. The Kier molecular flexibility index (Phi) is 7.20. The van der Waals surface area contributed by atoms with Crippen molar-refractivity contribution in [3.63, 3.8) is 0 Å². The summed E-state index contributed by atoms with van der Waals surface area (Å²) < 4.78 is 9.05. The van der Waals surface area contributed by atoms with E-state index >= 15 is 0 Å². The molecule has 0 fully saturated rings. The van der Waals surface area contributed by atoms with Crippen molar-refractivity contribution in [2.75, 3.05) is 14.2 Å². The third-order valence-corrected chi connectivity index (χ3v) is 2.15. The van der Waals surface area contributed by atoms with Crippen LogP contribution in [0.5, 0.6) is 0 Å². The molecule has 0 bridgehead atoms. The van der Waals surface area contributed by atoms with Gasteiger partial charge in [-0.3, -0.25) is 9.59 Å². The Bertz CT molecular complexity index is 237. The van der Waals surface area contributed by atoms with Gasteiger partial charge in [0.25, 0.3) is 0 Å². The maximum absolute atomic E-state index is 11.0. The molecule has 0 aliphatic heterocycles. The number of esters is 2. The summed E-state index contributed by atoms with van der Waals surface area (Å²) >= 11 is 0. The highest BCUT2D eigenvalue weighted by atomic mass is 16.5. The first-order valence-corrected chi connectivity index (χ1v) is 5.09. The maximum atomic E-state index is 11.0. The second-order valence-electron chi connectivity index (χ2n) is 3.50. The van der Waals surface area contributed by atoms with Gasteiger partial charge in [0.1, 0.15) is 6.04 Å². The Morgan fingerprint density at radius 3 is 2.12 bits per heavy atom. The van der Waals surface area contributed by atoms with Gasteiger partial charge < -0.3 is 15.2 Å². The lowest BCUT2D eigenvalue weighted by molar-refractivity contribution is -0.144. The molecule has 2 atom stereocenters. The quantitative estimate of drug-likeness (QED) is 0.534. The normalized spacial score (nSPS) is 14.5. The minimum Gasteiger partial charge on any atom is -0.469 e. The highest BCUT2D eigenvalue weighted by Gasteiger charge is 2.12. The topological polar surface area (TPSA) is 78.6 Å². The summed E-state index contributed by atoms with van der Waals surface area (Å²) in [6.07, 6.45) is 4.55. The summed E-state index contributed by atoms with van der Waals surface area (Å²) in [5.41, 5.74) is 5.51. The van der Waals surface area contributed by atoms with E-state index in [0.29, 0.717) is 12.8 Å². The van der Waals surface area contributed by atoms with Gasteiger partial charge in [0.15, 0.2) is 0 Å². The Balaban J connectivity index is 3.86. The van der Waals surface area contributed by atoms with Crippen molar-refractivity contribution in [3.8, 4) is 0 Å². The van der Waals surface area contributed by atoms with Crippen molar-refractivity contribution >= 4 is 11.9 Å². The van der Waals surface area contributed by atoms with Crippen molar-refractivity contribution in [2.45, 2.75) is 25.8 Å². The largest absolute Gasteiger partial charge is 0.469 e. The van der Waals surface area contributed by atoms with Crippen LogP contribution in [-0.4, -0.2) is 32.2 Å². The van der Waals surface area contributed by atoms with Crippen LogP contribution in [0.15, 0.2) is 12.2 Å². The van der Waals surface area contributed by atoms with Gasteiger partial charge in [-0.25, -0.2) is 0 Å². The fourth-order valence-electron chi connectivity index (χ4n) is 1.09. The lowest BCUT2D eigenvalue weighted by Gasteiger charge is -2.06. The Morgan fingerprint density at radius 1 is 1.12 bits per heavy atom. The molecule has 0 saturated carbocycles.